The Kier molecular flexibility index (Phi) is 7.15. The van der Waals surface area contributed by atoms with Crippen molar-refractivity contribution < 1.29 is 24.2 Å². The van der Waals surface area contributed by atoms with Crippen LogP contribution in [0.1, 0.15) is 19.3 Å². The maximum atomic E-state index is 12.4. The normalized spacial score (nSPS) is 15.1. The van der Waals surface area contributed by atoms with Crippen LogP contribution in [0, 0.1) is 0 Å². The Morgan fingerprint density at radius 3 is 2.62 bits per heavy atom. The van der Waals surface area contributed by atoms with Gasteiger partial charge in [-0.1, -0.05) is 23.2 Å². The molecule has 0 radical (unpaired) electrons. The number of halogens is 2. The van der Waals surface area contributed by atoms with Crippen LogP contribution in [-0.4, -0.2) is 54.3 Å². The predicted octanol–water partition coefficient (Wildman–Crippen LogP) is 2.85. The van der Waals surface area contributed by atoms with Gasteiger partial charge in [0.15, 0.2) is 0 Å². The zero-order chi connectivity index (χ0) is 17.5. The second-order valence-corrected chi connectivity index (χ2v) is 6.28. The quantitative estimate of drug-likeness (QED) is 0.792. The van der Waals surface area contributed by atoms with E-state index in [0.29, 0.717) is 41.9 Å². The van der Waals surface area contributed by atoms with Gasteiger partial charge in [-0.25, -0.2) is 0 Å². The lowest BCUT2D eigenvalue weighted by Crippen LogP contribution is -2.46. The van der Waals surface area contributed by atoms with Crippen molar-refractivity contribution in [2.24, 2.45) is 0 Å². The summed E-state index contributed by atoms with van der Waals surface area (Å²) in [5.74, 6) is -0.851. The van der Waals surface area contributed by atoms with Gasteiger partial charge in [-0.15, -0.1) is 0 Å². The van der Waals surface area contributed by atoms with Crippen molar-refractivity contribution in [2.45, 2.75) is 25.3 Å². The number of aliphatic carboxylic acids is 1. The number of nitrogens with zero attached hydrogens (tertiary/aromatic N) is 1. The van der Waals surface area contributed by atoms with E-state index < -0.39 is 5.97 Å². The molecule has 1 aliphatic rings. The number of rotatable bonds is 7. The van der Waals surface area contributed by atoms with Gasteiger partial charge >= 0.3 is 5.97 Å². The topological polar surface area (TPSA) is 76.1 Å². The maximum Gasteiger partial charge on any atom is 0.323 e. The Hall–Kier alpha value is -1.50. The van der Waals surface area contributed by atoms with Crippen LogP contribution in [0.5, 0.6) is 5.75 Å². The molecule has 1 amide bonds. The van der Waals surface area contributed by atoms with Gasteiger partial charge in [0.25, 0.3) is 0 Å². The van der Waals surface area contributed by atoms with E-state index in [1.54, 1.807) is 18.2 Å². The summed E-state index contributed by atoms with van der Waals surface area (Å²) in [5.41, 5.74) is 0. The summed E-state index contributed by atoms with van der Waals surface area (Å²) in [7, 11) is 0. The van der Waals surface area contributed by atoms with Gasteiger partial charge in [-0.2, -0.15) is 0 Å². The Labute approximate surface area is 150 Å². The number of hydrogen-bond donors (Lipinski definition) is 1. The van der Waals surface area contributed by atoms with Gasteiger partial charge in [0.1, 0.15) is 12.3 Å². The van der Waals surface area contributed by atoms with Gasteiger partial charge < -0.3 is 19.5 Å². The first-order chi connectivity index (χ1) is 11.5. The van der Waals surface area contributed by atoms with Gasteiger partial charge in [-0.3, -0.25) is 9.59 Å². The van der Waals surface area contributed by atoms with Crippen LogP contribution in [0.4, 0.5) is 0 Å². The van der Waals surface area contributed by atoms with E-state index in [-0.39, 0.29) is 31.5 Å². The van der Waals surface area contributed by atoms with Crippen LogP contribution in [0.3, 0.4) is 0 Å². The number of carbonyl (C=O) groups excluding carboxylic acids is 1. The lowest BCUT2D eigenvalue weighted by Gasteiger charge is -2.33. The van der Waals surface area contributed by atoms with Crippen molar-refractivity contribution in [1.82, 2.24) is 4.90 Å². The van der Waals surface area contributed by atoms with E-state index in [0.717, 1.165) is 0 Å². The zero-order valence-electron chi connectivity index (χ0n) is 13.0. The van der Waals surface area contributed by atoms with Gasteiger partial charge in [0.2, 0.25) is 5.91 Å². The average Bonchev–Trinajstić information content (AvgIpc) is 2.55. The number of carbonyl (C=O) groups is 2. The molecule has 0 spiro atoms. The fourth-order valence-corrected chi connectivity index (χ4v) is 3.01. The second-order valence-electron chi connectivity index (χ2n) is 5.43. The summed E-state index contributed by atoms with van der Waals surface area (Å²) >= 11 is 11.8. The summed E-state index contributed by atoms with van der Waals surface area (Å²) < 4.78 is 10.8. The van der Waals surface area contributed by atoms with Crippen LogP contribution in [0.2, 0.25) is 10.0 Å². The summed E-state index contributed by atoms with van der Waals surface area (Å²) in [6.45, 7) is 0.862. The number of carboxylic acids is 1. The molecule has 0 atom stereocenters. The molecule has 6 nitrogen and oxygen atoms in total. The molecule has 1 saturated heterocycles. The Balaban J connectivity index is 1.90. The zero-order valence-corrected chi connectivity index (χ0v) is 14.6. The summed E-state index contributed by atoms with van der Waals surface area (Å²) in [6, 6.07) is 4.71. The fourth-order valence-electron chi connectivity index (χ4n) is 2.55. The van der Waals surface area contributed by atoms with Crippen LogP contribution >= 0.6 is 23.2 Å². The maximum absolute atomic E-state index is 12.4. The standard InChI is InChI=1S/C16H19Cl2NO5/c17-11-1-2-14(13(18)9-11)24-8-5-15(20)19(10-16(21)22)12-3-6-23-7-4-12/h1-2,9,12H,3-8,10H2,(H,21,22). The summed E-state index contributed by atoms with van der Waals surface area (Å²) in [5, 5.41) is 9.90. The molecule has 1 aromatic carbocycles. The highest BCUT2D eigenvalue weighted by molar-refractivity contribution is 6.35. The van der Waals surface area contributed by atoms with Gasteiger partial charge in [0.05, 0.1) is 18.1 Å². The first-order valence-electron chi connectivity index (χ1n) is 7.64. The number of amides is 1. The van der Waals surface area contributed by atoms with Crippen LogP contribution in [-0.2, 0) is 14.3 Å². The molecule has 0 aliphatic carbocycles. The minimum absolute atomic E-state index is 0.0730. The summed E-state index contributed by atoms with van der Waals surface area (Å²) in [4.78, 5) is 24.8. The highest BCUT2D eigenvalue weighted by Gasteiger charge is 2.27. The van der Waals surface area contributed by atoms with Crippen molar-refractivity contribution >= 4 is 35.1 Å². The van der Waals surface area contributed by atoms with E-state index in [4.69, 9.17) is 37.8 Å². The smallest absolute Gasteiger partial charge is 0.323 e. The third-order valence-electron chi connectivity index (χ3n) is 3.72. The van der Waals surface area contributed by atoms with Crippen molar-refractivity contribution in [1.29, 1.82) is 0 Å². The van der Waals surface area contributed by atoms with E-state index >= 15 is 0 Å². The number of benzene rings is 1. The second kappa shape index (κ2) is 9.11. The van der Waals surface area contributed by atoms with Crippen LogP contribution in [0.15, 0.2) is 18.2 Å². The minimum atomic E-state index is -1.03. The van der Waals surface area contributed by atoms with E-state index in [1.165, 1.54) is 4.90 Å². The van der Waals surface area contributed by atoms with Crippen molar-refractivity contribution in [3.05, 3.63) is 28.2 Å². The van der Waals surface area contributed by atoms with E-state index in [2.05, 4.69) is 0 Å². The van der Waals surface area contributed by atoms with E-state index in [1.807, 2.05) is 0 Å². The highest BCUT2D eigenvalue weighted by atomic mass is 35.5. The Morgan fingerprint density at radius 1 is 1.29 bits per heavy atom. The SMILES string of the molecule is O=C(O)CN(C(=O)CCOc1ccc(Cl)cc1Cl)C1CCOCC1. The molecule has 1 aromatic rings. The lowest BCUT2D eigenvalue weighted by molar-refractivity contribution is -0.148. The third-order valence-corrected chi connectivity index (χ3v) is 4.26. The van der Waals surface area contributed by atoms with Gasteiger partial charge in [0, 0.05) is 24.3 Å². The van der Waals surface area contributed by atoms with Crippen LogP contribution < -0.4 is 4.74 Å². The highest BCUT2D eigenvalue weighted by Crippen LogP contribution is 2.27. The molecular formula is C16H19Cl2NO5. The first-order valence-corrected chi connectivity index (χ1v) is 8.40. The fraction of sp³-hybridized carbons (Fsp3) is 0.500. The molecule has 0 saturated carbocycles. The molecule has 0 bridgehead atoms. The van der Waals surface area contributed by atoms with Gasteiger partial charge in [-0.05, 0) is 31.0 Å². The molecular weight excluding hydrogens is 357 g/mol. The van der Waals surface area contributed by atoms with Crippen molar-refractivity contribution in [3.63, 3.8) is 0 Å². The molecule has 2 rings (SSSR count). The van der Waals surface area contributed by atoms with Crippen molar-refractivity contribution in [2.75, 3.05) is 26.4 Å². The number of carboxylic acid groups (broad SMARTS) is 1. The van der Waals surface area contributed by atoms with Crippen LogP contribution in [0.25, 0.3) is 0 Å². The first kappa shape index (κ1) is 18.8. The largest absolute Gasteiger partial charge is 0.491 e. The van der Waals surface area contributed by atoms with E-state index in [9.17, 15) is 9.59 Å². The molecule has 8 heteroatoms. The Morgan fingerprint density at radius 2 is 2.00 bits per heavy atom. The molecule has 0 unspecified atom stereocenters. The Bertz CT molecular complexity index is 590. The lowest BCUT2D eigenvalue weighted by atomic mass is 10.1. The molecule has 24 heavy (non-hydrogen) atoms. The molecule has 1 heterocycles. The molecule has 1 fully saturated rings. The number of hydrogen-bond acceptors (Lipinski definition) is 4. The average molecular weight is 376 g/mol. The summed E-state index contributed by atoms with van der Waals surface area (Å²) in [6.07, 6.45) is 1.36. The monoisotopic (exact) mass is 375 g/mol. The third kappa shape index (κ3) is 5.54. The molecule has 1 aliphatic heterocycles. The molecule has 0 aromatic heterocycles. The molecule has 132 valence electrons. The number of ether oxygens (including phenoxy) is 2. The minimum Gasteiger partial charge on any atom is -0.491 e. The molecule has 1 N–H and O–H groups in total. The predicted molar refractivity (Wildman–Crippen MR) is 89.8 cm³/mol. The van der Waals surface area contributed by atoms with Crippen molar-refractivity contribution in [3.8, 4) is 5.75 Å².